The second kappa shape index (κ2) is 5.48. The van der Waals surface area contributed by atoms with Gasteiger partial charge in [-0.25, -0.2) is 0 Å². The van der Waals surface area contributed by atoms with E-state index >= 15 is 0 Å². The van der Waals surface area contributed by atoms with E-state index in [1.165, 1.54) is 64.5 Å². The average Bonchev–Trinajstić information content (AvgIpc) is 2.87. The van der Waals surface area contributed by atoms with Gasteiger partial charge in [-0.15, -0.1) is 0 Å². The number of nitrogens with zero attached hydrogens (tertiary/aromatic N) is 1. The van der Waals surface area contributed by atoms with Crippen LogP contribution in [0, 0.1) is 0 Å². The van der Waals surface area contributed by atoms with Crippen LogP contribution < -0.4 is 5.32 Å². The molecule has 18 heavy (non-hydrogen) atoms. The van der Waals surface area contributed by atoms with Crippen molar-refractivity contribution in [1.82, 2.24) is 10.2 Å². The first kappa shape index (κ1) is 12.9. The summed E-state index contributed by atoms with van der Waals surface area (Å²) in [5, 5.41) is 13.8. The zero-order chi connectivity index (χ0) is 12.4. The molecule has 0 spiro atoms. The van der Waals surface area contributed by atoms with E-state index in [1.54, 1.807) is 0 Å². The molecular weight excluding hydrogens is 224 g/mol. The highest BCUT2D eigenvalue weighted by molar-refractivity contribution is 5.01. The lowest BCUT2D eigenvalue weighted by Gasteiger charge is -2.46. The molecule has 3 rings (SSSR count). The normalized spacial score (nSPS) is 38.8. The van der Waals surface area contributed by atoms with Crippen LogP contribution in [0.5, 0.6) is 0 Å². The highest BCUT2D eigenvalue weighted by Crippen LogP contribution is 2.34. The Labute approximate surface area is 111 Å². The van der Waals surface area contributed by atoms with Gasteiger partial charge in [0.05, 0.1) is 6.61 Å². The van der Waals surface area contributed by atoms with Gasteiger partial charge in [-0.05, 0) is 45.1 Å². The Morgan fingerprint density at radius 1 is 1.06 bits per heavy atom. The van der Waals surface area contributed by atoms with E-state index in [0.29, 0.717) is 12.6 Å². The summed E-state index contributed by atoms with van der Waals surface area (Å²) in [7, 11) is 0. The lowest BCUT2D eigenvalue weighted by atomic mass is 9.81. The van der Waals surface area contributed by atoms with E-state index in [9.17, 15) is 5.11 Å². The van der Waals surface area contributed by atoms with Gasteiger partial charge in [0.25, 0.3) is 0 Å². The minimum atomic E-state index is 0.0352. The summed E-state index contributed by atoms with van der Waals surface area (Å²) in [5.74, 6) is 0. The molecule has 2 atom stereocenters. The number of nitrogens with one attached hydrogen (secondary N) is 1. The standard InChI is InChI=1S/C15H28N2O/c18-12-15(16-13-5-2-1-3-6-13)8-10-17-9-4-7-14(17)11-15/h13-14,16,18H,1-12H2. The number of fused-ring (bicyclic) bond motifs is 1. The molecular formula is C15H28N2O. The van der Waals surface area contributed by atoms with Gasteiger partial charge in [0.1, 0.15) is 0 Å². The van der Waals surface area contributed by atoms with Crippen LogP contribution in [0.15, 0.2) is 0 Å². The number of hydrogen-bond acceptors (Lipinski definition) is 3. The lowest BCUT2D eigenvalue weighted by Crippen LogP contribution is -2.60. The molecule has 1 aliphatic carbocycles. The number of hydrogen-bond donors (Lipinski definition) is 2. The fourth-order valence-electron chi connectivity index (χ4n) is 4.33. The van der Waals surface area contributed by atoms with Gasteiger partial charge in [0, 0.05) is 24.2 Å². The van der Waals surface area contributed by atoms with E-state index in [0.717, 1.165) is 12.5 Å². The van der Waals surface area contributed by atoms with E-state index in [4.69, 9.17) is 0 Å². The molecule has 2 aliphatic heterocycles. The summed E-state index contributed by atoms with van der Waals surface area (Å²) in [6.07, 6.45) is 11.8. The highest BCUT2D eigenvalue weighted by atomic mass is 16.3. The van der Waals surface area contributed by atoms with Gasteiger partial charge in [-0.3, -0.25) is 0 Å². The topological polar surface area (TPSA) is 35.5 Å². The number of piperidine rings is 1. The third kappa shape index (κ3) is 2.59. The fourth-order valence-corrected chi connectivity index (χ4v) is 4.33. The van der Waals surface area contributed by atoms with Crippen molar-refractivity contribution in [2.45, 2.75) is 75.4 Å². The summed E-state index contributed by atoms with van der Waals surface area (Å²) in [4.78, 5) is 2.64. The van der Waals surface area contributed by atoms with E-state index in [-0.39, 0.29) is 5.54 Å². The monoisotopic (exact) mass is 252 g/mol. The summed E-state index contributed by atoms with van der Waals surface area (Å²) >= 11 is 0. The van der Waals surface area contributed by atoms with Crippen molar-refractivity contribution >= 4 is 0 Å². The Kier molecular flexibility index (Phi) is 3.92. The van der Waals surface area contributed by atoms with Gasteiger partial charge >= 0.3 is 0 Å². The molecule has 2 unspecified atom stereocenters. The predicted molar refractivity (Wildman–Crippen MR) is 73.7 cm³/mol. The summed E-state index contributed by atoms with van der Waals surface area (Å²) in [5.41, 5.74) is 0.0352. The quantitative estimate of drug-likeness (QED) is 0.805. The maximum Gasteiger partial charge on any atom is 0.0614 e. The molecule has 0 aromatic rings. The minimum absolute atomic E-state index is 0.0352. The maximum atomic E-state index is 9.91. The lowest BCUT2D eigenvalue weighted by molar-refractivity contribution is 0.0468. The number of aliphatic hydroxyl groups excluding tert-OH is 1. The molecule has 2 N–H and O–H groups in total. The molecule has 0 bridgehead atoms. The van der Waals surface area contributed by atoms with E-state index in [2.05, 4.69) is 10.2 Å². The largest absolute Gasteiger partial charge is 0.394 e. The van der Waals surface area contributed by atoms with Crippen LogP contribution in [-0.2, 0) is 0 Å². The van der Waals surface area contributed by atoms with Crippen molar-refractivity contribution in [1.29, 1.82) is 0 Å². The fraction of sp³-hybridized carbons (Fsp3) is 1.00. The van der Waals surface area contributed by atoms with Gasteiger partial charge in [-0.1, -0.05) is 19.3 Å². The molecule has 3 heteroatoms. The van der Waals surface area contributed by atoms with Gasteiger partial charge in [-0.2, -0.15) is 0 Å². The van der Waals surface area contributed by atoms with Gasteiger partial charge < -0.3 is 15.3 Å². The first-order valence-electron chi connectivity index (χ1n) is 7.94. The summed E-state index contributed by atoms with van der Waals surface area (Å²) in [6, 6.07) is 1.40. The van der Waals surface area contributed by atoms with Crippen molar-refractivity contribution in [3.8, 4) is 0 Å². The molecule has 0 radical (unpaired) electrons. The third-order valence-corrected chi connectivity index (χ3v) is 5.42. The molecule has 0 aromatic carbocycles. The first-order valence-corrected chi connectivity index (χ1v) is 7.94. The minimum Gasteiger partial charge on any atom is -0.394 e. The van der Waals surface area contributed by atoms with E-state index < -0.39 is 0 Å². The molecule has 3 aliphatic rings. The van der Waals surface area contributed by atoms with Crippen LogP contribution in [0.25, 0.3) is 0 Å². The third-order valence-electron chi connectivity index (χ3n) is 5.42. The van der Waals surface area contributed by atoms with Crippen molar-refractivity contribution in [2.75, 3.05) is 19.7 Å². The second-order valence-electron chi connectivity index (χ2n) is 6.70. The molecule has 2 saturated heterocycles. The first-order chi connectivity index (χ1) is 8.81. The zero-order valence-corrected chi connectivity index (χ0v) is 11.5. The number of aliphatic hydroxyl groups is 1. The smallest absolute Gasteiger partial charge is 0.0614 e. The number of rotatable bonds is 3. The molecule has 0 aromatic heterocycles. The Morgan fingerprint density at radius 2 is 1.89 bits per heavy atom. The average molecular weight is 252 g/mol. The van der Waals surface area contributed by atoms with Crippen molar-refractivity contribution < 1.29 is 5.11 Å². The van der Waals surface area contributed by atoms with Crippen LogP contribution in [0.1, 0.15) is 57.8 Å². The molecule has 3 fully saturated rings. The highest BCUT2D eigenvalue weighted by Gasteiger charge is 2.42. The van der Waals surface area contributed by atoms with Gasteiger partial charge in [0.2, 0.25) is 0 Å². The Hall–Kier alpha value is -0.120. The van der Waals surface area contributed by atoms with Crippen molar-refractivity contribution in [2.24, 2.45) is 0 Å². The Bertz CT molecular complexity index is 278. The molecule has 3 nitrogen and oxygen atoms in total. The van der Waals surface area contributed by atoms with Crippen LogP contribution in [-0.4, -0.2) is 47.3 Å². The van der Waals surface area contributed by atoms with Crippen molar-refractivity contribution in [3.63, 3.8) is 0 Å². The SMILES string of the molecule is OCC1(NC2CCCCC2)CCN2CCCC2C1. The van der Waals surface area contributed by atoms with Gasteiger partial charge in [0.15, 0.2) is 0 Å². The Morgan fingerprint density at radius 3 is 2.67 bits per heavy atom. The van der Waals surface area contributed by atoms with Crippen LogP contribution in [0.3, 0.4) is 0 Å². The van der Waals surface area contributed by atoms with Crippen LogP contribution >= 0.6 is 0 Å². The Balaban J connectivity index is 1.62. The summed E-state index contributed by atoms with van der Waals surface area (Å²) < 4.78 is 0. The molecule has 2 heterocycles. The van der Waals surface area contributed by atoms with E-state index in [1.807, 2.05) is 0 Å². The summed E-state index contributed by atoms with van der Waals surface area (Å²) in [6.45, 7) is 2.80. The van der Waals surface area contributed by atoms with Crippen LogP contribution in [0.4, 0.5) is 0 Å². The predicted octanol–water partition coefficient (Wildman–Crippen LogP) is 1.90. The molecule has 104 valence electrons. The maximum absolute atomic E-state index is 9.91. The molecule has 1 saturated carbocycles. The second-order valence-corrected chi connectivity index (χ2v) is 6.70. The zero-order valence-electron chi connectivity index (χ0n) is 11.5. The molecule has 0 amide bonds. The van der Waals surface area contributed by atoms with Crippen molar-refractivity contribution in [3.05, 3.63) is 0 Å². The van der Waals surface area contributed by atoms with Crippen LogP contribution in [0.2, 0.25) is 0 Å².